The molecular weight excluding hydrogens is 334 g/mol. The van der Waals surface area contributed by atoms with E-state index in [0.29, 0.717) is 5.92 Å². The van der Waals surface area contributed by atoms with Gasteiger partial charge in [-0.05, 0) is 30.0 Å². The third kappa shape index (κ3) is 4.37. The third-order valence-electron chi connectivity index (χ3n) is 4.92. The summed E-state index contributed by atoms with van der Waals surface area (Å²) in [6, 6.07) is 3.53. The zero-order valence-electron chi connectivity index (χ0n) is 15.0. The first-order valence-electron chi connectivity index (χ1n) is 9.05. The van der Waals surface area contributed by atoms with E-state index in [1.807, 2.05) is 12.1 Å². The number of hydrogen-bond acceptors (Lipinski definition) is 5. The lowest BCUT2D eigenvalue weighted by molar-refractivity contribution is -0.131. The monoisotopic (exact) mass is 359 g/mol. The maximum atomic E-state index is 12.3. The van der Waals surface area contributed by atoms with E-state index >= 15 is 0 Å². The smallest absolute Gasteiger partial charge is 0.325 e. The standard InChI is InChI=1S/C18H25N5O3/c1-2-3-14-10-22(9-13-4-6-19-7-5-13)11-15(14)21-16(24)12-23-17(25)8-20-18(23)26/h4-7,14-15H,2-3,8-12H2,1H3,(H,20,26)(H,21,24)/t14-,15-/m1/s1. The molecule has 1 aromatic heterocycles. The number of amides is 4. The Kier molecular flexibility index (Phi) is 5.82. The van der Waals surface area contributed by atoms with Crippen molar-refractivity contribution >= 4 is 17.8 Å². The van der Waals surface area contributed by atoms with Crippen LogP contribution in [0.5, 0.6) is 0 Å². The van der Waals surface area contributed by atoms with E-state index in [9.17, 15) is 14.4 Å². The first-order valence-corrected chi connectivity index (χ1v) is 9.05. The molecule has 0 aromatic carbocycles. The maximum absolute atomic E-state index is 12.3. The van der Waals surface area contributed by atoms with Crippen molar-refractivity contribution in [1.29, 1.82) is 0 Å². The molecule has 0 saturated carbocycles. The van der Waals surface area contributed by atoms with Crippen LogP contribution < -0.4 is 10.6 Å². The number of imide groups is 1. The van der Waals surface area contributed by atoms with Gasteiger partial charge in [0.15, 0.2) is 0 Å². The second kappa shape index (κ2) is 8.27. The number of nitrogens with one attached hydrogen (secondary N) is 2. The summed E-state index contributed by atoms with van der Waals surface area (Å²) >= 11 is 0. The maximum Gasteiger partial charge on any atom is 0.325 e. The third-order valence-corrected chi connectivity index (χ3v) is 4.92. The van der Waals surface area contributed by atoms with E-state index in [1.165, 1.54) is 5.56 Å². The number of carbonyl (C=O) groups is 3. The summed E-state index contributed by atoms with van der Waals surface area (Å²) in [5.41, 5.74) is 1.20. The van der Waals surface area contributed by atoms with Gasteiger partial charge in [-0.15, -0.1) is 0 Å². The van der Waals surface area contributed by atoms with Crippen LogP contribution in [0.3, 0.4) is 0 Å². The van der Waals surface area contributed by atoms with Crippen LogP contribution >= 0.6 is 0 Å². The molecule has 2 saturated heterocycles. The van der Waals surface area contributed by atoms with Crippen molar-refractivity contribution in [2.24, 2.45) is 5.92 Å². The van der Waals surface area contributed by atoms with E-state index in [4.69, 9.17) is 0 Å². The van der Waals surface area contributed by atoms with Gasteiger partial charge in [-0.2, -0.15) is 0 Å². The molecule has 1 aromatic rings. The van der Waals surface area contributed by atoms with Crippen molar-refractivity contribution in [2.45, 2.75) is 32.4 Å². The van der Waals surface area contributed by atoms with Gasteiger partial charge in [0.25, 0.3) is 5.91 Å². The lowest BCUT2D eigenvalue weighted by Crippen LogP contribution is -2.47. The summed E-state index contributed by atoms with van der Waals surface area (Å²) in [6.07, 6.45) is 5.65. The normalized spacial score (nSPS) is 23.3. The molecule has 8 heteroatoms. The molecule has 0 unspecified atom stereocenters. The predicted octanol–water partition coefficient (Wildman–Crippen LogP) is 0.350. The number of nitrogens with zero attached hydrogens (tertiary/aromatic N) is 3. The van der Waals surface area contributed by atoms with Gasteiger partial charge in [0.1, 0.15) is 6.54 Å². The molecule has 3 heterocycles. The van der Waals surface area contributed by atoms with Crippen molar-refractivity contribution < 1.29 is 14.4 Å². The number of pyridine rings is 1. The van der Waals surface area contributed by atoms with Gasteiger partial charge in [0, 0.05) is 38.1 Å². The molecule has 0 spiro atoms. The highest BCUT2D eigenvalue weighted by Crippen LogP contribution is 2.23. The van der Waals surface area contributed by atoms with Gasteiger partial charge >= 0.3 is 6.03 Å². The summed E-state index contributed by atoms with van der Waals surface area (Å²) in [5.74, 6) is -0.276. The van der Waals surface area contributed by atoms with Crippen LogP contribution in [0, 0.1) is 5.92 Å². The van der Waals surface area contributed by atoms with E-state index in [2.05, 4.69) is 27.4 Å². The van der Waals surface area contributed by atoms with Crippen LogP contribution in [0.1, 0.15) is 25.3 Å². The molecule has 2 atom stereocenters. The Morgan fingerprint density at radius 2 is 2.08 bits per heavy atom. The highest BCUT2D eigenvalue weighted by atomic mass is 16.2. The van der Waals surface area contributed by atoms with Crippen LogP contribution in [-0.4, -0.2) is 64.9 Å². The molecule has 8 nitrogen and oxygen atoms in total. The summed E-state index contributed by atoms with van der Waals surface area (Å²) in [6.45, 7) is 4.39. The predicted molar refractivity (Wildman–Crippen MR) is 95.0 cm³/mol. The van der Waals surface area contributed by atoms with Crippen LogP contribution in [0.25, 0.3) is 0 Å². The Labute approximate surface area is 152 Å². The fourth-order valence-corrected chi connectivity index (χ4v) is 3.67. The van der Waals surface area contributed by atoms with Crippen molar-refractivity contribution in [3.63, 3.8) is 0 Å². The largest absolute Gasteiger partial charge is 0.350 e. The lowest BCUT2D eigenvalue weighted by atomic mass is 9.98. The first-order chi connectivity index (χ1) is 12.6. The quantitative estimate of drug-likeness (QED) is 0.685. The van der Waals surface area contributed by atoms with E-state index < -0.39 is 6.03 Å². The average Bonchev–Trinajstić information content (AvgIpc) is 3.13. The number of carbonyl (C=O) groups excluding carboxylic acids is 3. The van der Waals surface area contributed by atoms with Crippen LogP contribution in [-0.2, 0) is 16.1 Å². The zero-order valence-corrected chi connectivity index (χ0v) is 15.0. The second-order valence-corrected chi connectivity index (χ2v) is 6.91. The molecule has 26 heavy (non-hydrogen) atoms. The van der Waals surface area contributed by atoms with Crippen LogP contribution in [0.4, 0.5) is 4.79 Å². The van der Waals surface area contributed by atoms with Crippen molar-refractivity contribution in [1.82, 2.24) is 25.4 Å². The molecule has 2 fully saturated rings. The van der Waals surface area contributed by atoms with Gasteiger partial charge in [0.2, 0.25) is 5.91 Å². The Morgan fingerprint density at radius 3 is 2.73 bits per heavy atom. The van der Waals surface area contributed by atoms with E-state index in [1.54, 1.807) is 12.4 Å². The van der Waals surface area contributed by atoms with Gasteiger partial charge in [-0.3, -0.25) is 24.4 Å². The number of aromatic nitrogens is 1. The Balaban J connectivity index is 1.57. The highest BCUT2D eigenvalue weighted by Gasteiger charge is 2.35. The molecule has 2 N–H and O–H groups in total. The fraction of sp³-hybridized carbons (Fsp3) is 0.556. The minimum absolute atomic E-state index is 0.0325. The highest BCUT2D eigenvalue weighted by molar-refractivity contribution is 6.04. The lowest BCUT2D eigenvalue weighted by Gasteiger charge is -2.21. The average molecular weight is 359 g/mol. The minimum Gasteiger partial charge on any atom is -0.350 e. The Bertz CT molecular complexity index is 650. The van der Waals surface area contributed by atoms with Crippen LogP contribution in [0.15, 0.2) is 24.5 Å². The van der Waals surface area contributed by atoms with Gasteiger partial charge in [0.05, 0.1) is 6.54 Å². The molecule has 2 aliphatic heterocycles. The summed E-state index contributed by atoms with van der Waals surface area (Å²) in [5, 5.41) is 5.46. The number of urea groups is 1. The second-order valence-electron chi connectivity index (χ2n) is 6.91. The molecule has 0 radical (unpaired) electrons. The van der Waals surface area contributed by atoms with E-state index in [0.717, 1.165) is 37.4 Å². The molecular formula is C18H25N5O3. The van der Waals surface area contributed by atoms with Crippen molar-refractivity contribution in [2.75, 3.05) is 26.2 Å². The zero-order chi connectivity index (χ0) is 18.5. The van der Waals surface area contributed by atoms with Gasteiger partial charge < -0.3 is 10.6 Å². The van der Waals surface area contributed by atoms with Crippen LogP contribution in [0.2, 0.25) is 0 Å². The summed E-state index contributed by atoms with van der Waals surface area (Å²) < 4.78 is 0. The molecule has 140 valence electrons. The summed E-state index contributed by atoms with van der Waals surface area (Å²) in [4.78, 5) is 42.9. The number of likely N-dealkylation sites (tertiary alicyclic amines) is 1. The number of hydrogen-bond donors (Lipinski definition) is 2. The Hall–Kier alpha value is -2.48. The molecule has 0 aliphatic carbocycles. The van der Waals surface area contributed by atoms with Gasteiger partial charge in [-0.25, -0.2) is 4.79 Å². The van der Waals surface area contributed by atoms with E-state index in [-0.39, 0.29) is 30.9 Å². The Morgan fingerprint density at radius 1 is 1.31 bits per heavy atom. The molecule has 2 aliphatic rings. The van der Waals surface area contributed by atoms with Crippen molar-refractivity contribution in [3.8, 4) is 0 Å². The fourth-order valence-electron chi connectivity index (χ4n) is 3.67. The summed E-state index contributed by atoms with van der Waals surface area (Å²) in [7, 11) is 0. The SMILES string of the molecule is CCC[C@@H]1CN(Cc2ccncc2)C[C@H]1NC(=O)CN1C(=O)CNC1=O. The van der Waals surface area contributed by atoms with Gasteiger partial charge in [-0.1, -0.05) is 13.3 Å². The number of rotatable bonds is 7. The minimum atomic E-state index is -0.499. The first kappa shape index (κ1) is 18.3. The topological polar surface area (TPSA) is 94.6 Å². The molecule has 3 rings (SSSR count). The molecule has 0 bridgehead atoms. The molecule has 4 amide bonds. The van der Waals surface area contributed by atoms with Crippen molar-refractivity contribution in [3.05, 3.63) is 30.1 Å².